The van der Waals surface area contributed by atoms with Gasteiger partial charge in [-0.25, -0.2) is 14.6 Å². The summed E-state index contributed by atoms with van der Waals surface area (Å²) in [5.74, 6) is -1.23. The van der Waals surface area contributed by atoms with E-state index in [0.717, 1.165) is 0 Å². The number of amides is 2. The molecule has 8 nitrogen and oxygen atoms in total. The van der Waals surface area contributed by atoms with Crippen molar-refractivity contribution in [2.45, 2.75) is 45.1 Å². The Morgan fingerprint density at radius 1 is 1.34 bits per heavy atom. The minimum absolute atomic E-state index is 0.131. The number of fused-ring (bicyclic) bond motifs is 1. The zero-order valence-corrected chi connectivity index (χ0v) is 17.9. The van der Waals surface area contributed by atoms with Crippen LogP contribution in [0.2, 0.25) is 0 Å². The molecule has 2 N–H and O–H groups in total. The van der Waals surface area contributed by atoms with Crippen LogP contribution in [0.4, 0.5) is 18.0 Å². The van der Waals surface area contributed by atoms with Gasteiger partial charge in [0.25, 0.3) is 0 Å². The fraction of sp³-hybridized carbons (Fsp3) is 0.476. The van der Waals surface area contributed by atoms with Gasteiger partial charge in [0.15, 0.2) is 0 Å². The minimum Gasteiger partial charge on any atom is -0.467 e. The van der Waals surface area contributed by atoms with E-state index < -0.39 is 36.2 Å². The molecule has 2 heterocycles. The topological polar surface area (TPSA) is 96.5 Å². The van der Waals surface area contributed by atoms with Crippen LogP contribution < -0.4 is 10.1 Å². The van der Waals surface area contributed by atoms with Crippen LogP contribution in [0.25, 0.3) is 0 Å². The van der Waals surface area contributed by atoms with E-state index in [1.165, 1.54) is 36.5 Å². The molecule has 0 saturated heterocycles. The van der Waals surface area contributed by atoms with E-state index in [9.17, 15) is 22.8 Å². The summed E-state index contributed by atoms with van der Waals surface area (Å²) in [6, 6.07) is 3.17. The number of aromatic nitrogens is 2. The van der Waals surface area contributed by atoms with Gasteiger partial charge in [0.2, 0.25) is 0 Å². The second kappa shape index (κ2) is 9.49. The zero-order valence-electron chi connectivity index (χ0n) is 17.9. The van der Waals surface area contributed by atoms with Gasteiger partial charge < -0.3 is 24.7 Å². The van der Waals surface area contributed by atoms with Crippen molar-refractivity contribution >= 4 is 12.0 Å². The zero-order chi connectivity index (χ0) is 23.5. The molecule has 1 aliphatic heterocycles. The highest BCUT2D eigenvalue weighted by Gasteiger charge is 2.40. The Morgan fingerprint density at radius 2 is 2.06 bits per heavy atom. The number of nitrogens with one attached hydrogen (secondary N) is 2. The number of nitrogens with zero attached hydrogens (tertiary/aromatic N) is 2. The van der Waals surface area contributed by atoms with Crippen molar-refractivity contribution in [1.29, 1.82) is 0 Å². The first-order chi connectivity index (χ1) is 15.2. The average Bonchev–Trinajstić information content (AvgIpc) is 3.24. The van der Waals surface area contributed by atoms with Crippen LogP contribution in [0.1, 0.15) is 43.3 Å². The van der Waals surface area contributed by atoms with Crippen molar-refractivity contribution < 1.29 is 32.2 Å². The number of hydrogen-bond donors (Lipinski definition) is 2. The van der Waals surface area contributed by atoms with Crippen molar-refractivity contribution in [2.24, 2.45) is 5.92 Å². The van der Waals surface area contributed by atoms with Crippen LogP contribution in [-0.4, -0.2) is 52.9 Å². The number of imidazole rings is 1. The fourth-order valence-electron chi connectivity index (χ4n) is 3.75. The standard InChI is InChI=1S/C21H25F3N4O4/c1-4-12(2)16(19(29)31-3)27-20(30)28-10-9-14-17(26-11-25-14)18(28)13-7-5-6-8-15(13)32-21(22,23)24/h5-8,11-12,16,18H,4,9-10H2,1-3H3,(H,25,26)(H,27,30)/t12-,16-,18-/m0/s1. The van der Waals surface area contributed by atoms with Gasteiger partial charge in [-0.05, 0) is 12.0 Å². The number of esters is 1. The van der Waals surface area contributed by atoms with Crippen LogP contribution in [0, 0.1) is 5.92 Å². The lowest BCUT2D eigenvalue weighted by molar-refractivity contribution is -0.275. The number of benzene rings is 1. The normalized spacial score (nSPS) is 17.8. The Kier molecular flexibility index (Phi) is 6.95. The van der Waals surface area contributed by atoms with Gasteiger partial charge in [0.1, 0.15) is 17.8 Å². The largest absolute Gasteiger partial charge is 0.573 e. The molecule has 0 bridgehead atoms. The molecule has 1 aromatic carbocycles. The molecule has 11 heteroatoms. The van der Waals surface area contributed by atoms with Crippen molar-refractivity contribution in [3.8, 4) is 5.75 Å². The Hall–Kier alpha value is -3.24. The summed E-state index contributed by atoms with van der Waals surface area (Å²) in [5.41, 5.74) is 1.27. The van der Waals surface area contributed by atoms with Crippen molar-refractivity contribution in [1.82, 2.24) is 20.2 Å². The van der Waals surface area contributed by atoms with Crippen molar-refractivity contribution in [3.05, 3.63) is 47.5 Å². The quantitative estimate of drug-likeness (QED) is 0.651. The SMILES string of the molecule is CC[C@H](C)[C@H](NC(=O)N1CCc2[nH]cnc2[C@@H]1c1ccccc1OC(F)(F)F)C(=O)OC. The van der Waals surface area contributed by atoms with Crippen molar-refractivity contribution in [3.63, 3.8) is 0 Å². The third kappa shape index (κ3) is 4.97. The van der Waals surface area contributed by atoms with Gasteiger partial charge in [-0.2, -0.15) is 0 Å². The van der Waals surface area contributed by atoms with E-state index in [1.54, 1.807) is 13.0 Å². The first kappa shape index (κ1) is 23.4. The smallest absolute Gasteiger partial charge is 0.467 e. The predicted octanol–water partition coefficient (Wildman–Crippen LogP) is 3.55. The van der Waals surface area contributed by atoms with Gasteiger partial charge in [0.05, 0.1) is 19.1 Å². The summed E-state index contributed by atoms with van der Waals surface area (Å²) in [7, 11) is 1.23. The number of ether oxygens (including phenoxy) is 2. The van der Waals surface area contributed by atoms with E-state index >= 15 is 0 Å². The number of rotatable bonds is 6. The number of aromatic amines is 1. The monoisotopic (exact) mass is 454 g/mol. The molecule has 2 aromatic rings. The average molecular weight is 454 g/mol. The molecule has 3 atom stereocenters. The molecule has 0 aliphatic carbocycles. The first-order valence-corrected chi connectivity index (χ1v) is 10.2. The Labute approximate surface area is 183 Å². The van der Waals surface area contributed by atoms with E-state index in [4.69, 9.17) is 4.74 Å². The summed E-state index contributed by atoms with van der Waals surface area (Å²) < 4.78 is 48.1. The summed E-state index contributed by atoms with van der Waals surface area (Å²) >= 11 is 0. The lowest BCUT2D eigenvalue weighted by atomic mass is 9.95. The molecular weight excluding hydrogens is 429 g/mol. The highest BCUT2D eigenvalue weighted by molar-refractivity contribution is 5.84. The molecule has 1 aromatic heterocycles. The van der Waals surface area contributed by atoms with Gasteiger partial charge in [-0.3, -0.25) is 0 Å². The Morgan fingerprint density at radius 3 is 2.72 bits per heavy atom. The molecule has 2 amide bonds. The van der Waals surface area contributed by atoms with Crippen LogP contribution in [0.3, 0.4) is 0 Å². The minimum atomic E-state index is -4.90. The number of halogens is 3. The molecule has 0 unspecified atom stereocenters. The maximum absolute atomic E-state index is 13.3. The molecule has 174 valence electrons. The Balaban J connectivity index is 2.00. The van der Waals surface area contributed by atoms with E-state index in [2.05, 4.69) is 20.0 Å². The number of H-pyrrole nitrogens is 1. The first-order valence-electron chi connectivity index (χ1n) is 10.2. The van der Waals surface area contributed by atoms with Crippen LogP contribution in [0.15, 0.2) is 30.6 Å². The fourth-order valence-corrected chi connectivity index (χ4v) is 3.75. The summed E-state index contributed by atoms with van der Waals surface area (Å²) in [5, 5.41) is 2.69. The summed E-state index contributed by atoms with van der Waals surface area (Å²) in [6.45, 7) is 3.87. The van der Waals surface area contributed by atoms with Gasteiger partial charge in [-0.15, -0.1) is 13.2 Å². The van der Waals surface area contributed by atoms with Gasteiger partial charge in [0, 0.05) is 24.2 Å². The summed E-state index contributed by atoms with van der Waals surface area (Å²) in [6.07, 6.45) is -2.44. The number of carbonyl (C=O) groups is 2. The number of methoxy groups -OCH3 is 1. The van der Waals surface area contributed by atoms with E-state index in [1.807, 2.05) is 6.92 Å². The molecule has 0 fully saturated rings. The number of alkyl halides is 3. The third-order valence-electron chi connectivity index (χ3n) is 5.57. The maximum atomic E-state index is 13.3. The molecule has 3 rings (SSSR count). The van der Waals surface area contributed by atoms with Gasteiger partial charge >= 0.3 is 18.4 Å². The Bertz CT molecular complexity index is 963. The number of hydrogen-bond acceptors (Lipinski definition) is 5. The predicted molar refractivity (Wildman–Crippen MR) is 108 cm³/mol. The molecule has 0 saturated carbocycles. The van der Waals surface area contributed by atoms with E-state index in [0.29, 0.717) is 24.2 Å². The number of para-hydroxylation sites is 1. The third-order valence-corrected chi connectivity index (χ3v) is 5.57. The molecule has 0 radical (unpaired) electrons. The lowest BCUT2D eigenvalue weighted by Gasteiger charge is -2.37. The van der Waals surface area contributed by atoms with Crippen LogP contribution >= 0.6 is 0 Å². The number of carbonyl (C=O) groups excluding carboxylic acids is 2. The summed E-state index contributed by atoms with van der Waals surface area (Å²) in [4.78, 5) is 34.1. The van der Waals surface area contributed by atoms with E-state index in [-0.39, 0.29) is 18.0 Å². The van der Waals surface area contributed by atoms with Crippen LogP contribution in [0.5, 0.6) is 5.75 Å². The maximum Gasteiger partial charge on any atom is 0.573 e. The molecule has 0 spiro atoms. The van der Waals surface area contributed by atoms with Crippen molar-refractivity contribution in [2.75, 3.05) is 13.7 Å². The molecule has 32 heavy (non-hydrogen) atoms. The highest BCUT2D eigenvalue weighted by Crippen LogP contribution is 2.39. The lowest BCUT2D eigenvalue weighted by Crippen LogP contribution is -2.53. The van der Waals surface area contributed by atoms with Crippen LogP contribution in [-0.2, 0) is 16.0 Å². The van der Waals surface area contributed by atoms with Gasteiger partial charge in [-0.1, -0.05) is 38.5 Å². The second-order valence-electron chi connectivity index (χ2n) is 7.53. The second-order valence-corrected chi connectivity index (χ2v) is 7.53. The number of urea groups is 1. The molecule has 1 aliphatic rings. The molecular formula is C21H25F3N4O4. The highest BCUT2D eigenvalue weighted by atomic mass is 19.4.